The number of amides is 2. The maximum Gasteiger partial charge on any atom is 0.309 e. The fourth-order valence-corrected chi connectivity index (χ4v) is 1.11. The molecule has 0 fully saturated rings. The molecule has 0 saturated carbocycles. The van der Waals surface area contributed by atoms with Crippen LogP contribution < -0.4 is 11.5 Å². The lowest BCUT2D eigenvalue weighted by molar-refractivity contribution is -0.143. The molecule has 110 valence electrons. The molecule has 0 radical (unpaired) electrons. The number of unbranched alkanes of at least 4 members (excludes halogenated alkanes) is 4. The predicted molar refractivity (Wildman–Crippen MR) is 75.6 cm³/mol. The molecule has 0 aliphatic carbocycles. The van der Waals surface area contributed by atoms with Crippen molar-refractivity contribution in [2.75, 3.05) is 6.61 Å². The highest BCUT2D eigenvalue weighted by atomic mass is 35.5. The highest BCUT2D eigenvalue weighted by Gasteiger charge is 2.00. The Bertz CT molecular complexity index is 198. The number of halogens is 1. The maximum atomic E-state index is 11.0. The summed E-state index contributed by atoms with van der Waals surface area (Å²) in [5.41, 5.74) is 8.50. The molecule has 0 aliphatic rings. The Labute approximate surface area is 116 Å². The van der Waals surface area contributed by atoms with E-state index < -0.39 is 6.03 Å². The number of carbonyl (C=O) groups is 2. The normalized spacial score (nSPS) is 8.56. The van der Waals surface area contributed by atoms with Crippen LogP contribution in [0.3, 0.4) is 0 Å². The van der Waals surface area contributed by atoms with E-state index in [0.717, 1.165) is 19.3 Å². The smallest absolute Gasteiger partial charge is 0.309 e. The number of esters is 1. The van der Waals surface area contributed by atoms with Gasteiger partial charge in [0.05, 0.1) is 6.61 Å². The summed E-state index contributed by atoms with van der Waals surface area (Å²) in [5.74, 6) is -0.0293. The zero-order valence-electron chi connectivity index (χ0n) is 11.4. The van der Waals surface area contributed by atoms with Crippen LogP contribution in [0.1, 0.15) is 58.8 Å². The second kappa shape index (κ2) is 18.4. The van der Waals surface area contributed by atoms with E-state index in [-0.39, 0.29) is 18.4 Å². The van der Waals surface area contributed by atoms with Crippen molar-refractivity contribution in [3.05, 3.63) is 0 Å². The Balaban J connectivity index is -0.000000392. The number of carbonyl (C=O) groups excluding carboxylic acids is 2. The highest BCUT2D eigenvalue weighted by molar-refractivity contribution is 5.85. The van der Waals surface area contributed by atoms with Crippen LogP contribution in [0.15, 0.2) is 0 Å². The number of rotatable bonds is 8. The molecule has 5 nitrogen and oxygen atoms in total. The number of urea groups is 1. The lowest BCUT2D eigenvalue weighted by Crippen LogP contribution is -2.18. The van der Waals surface area contributed by atoms with Gasteiger partial charge in [0.25, 0.3) is 0 Å². The van der Waals surface area contributed by atoms with Gasteiger partial charge in [-0.3, -0.25) is 4.79 Å². The first-order valence-electron chi connectivity index (χ1n) is 6.25. The molecular formula is C12H27ClN2O3. The van der Waals surface area contributed by atoms with Crippen LogP contribution >= 0.6 is 12.4 Å². The van der Waals surface area contributed by atoms with E-state index in [1.807, 2.05) is 0 Å². The predicted octanol–water partition coefficient (Wildman–Crippen LogP) is 2.75. The molecule has 2 amide bonds. The van der Waals surface area contributed by atoms with Crippen molar-refractivity contribution in [1.29, 1.82) is 0 Å². The van der Waals surface area contributed by atoms with Gasteiger partial charge in [-0.05, 0) is 12.8 Å². The summed E-state index contributed by atoms with van der Waals surface area (Å²) in [7, 11) is 0. The lowest BCUT2D eigenvalue weighted by Gasteiger charge is -2.03. The minimum atomic E-state index is -0.833. The summed E-state index contributed by atoms with van der Waals surface area (Å²) >= 11 is 0. The molecule has 0 aliphatic heterocycles. The number of hydrogen-bond donors (Lipinski definition) is 2. The summed E-state index contributed by atoms with van der Waals surface area (Å²) in [6.45, 7) is 4.87. The molecule has 0 atom stereocenters. The van der Waals surface area contributed by atoms with E-state index in [4.69, 9.17) is 9.53 Å². The van der Waals surface area contributed by atoms with Crippen molar-refractivity contribution in [3.63, 3.8) is 0 Å². The third kappa shape index (κ3) is 29.4. The standard InChI is InChI=1S/C11H22O2.CH4N2O.ClH/c1-3-5-7-8-10-13-11(12)9-6-4-2;2-1(3)4;/h3-10H2,1-2H3;(H4,2,3,4);1H. The SMILES string of the molecule is CCCCCCOC(=O)CCCC.Cl.NC(N)=O. The van der Waals surface area contributed by atoms with Gasteiger partial charge < -0.3 is 16.2 Å². The first-order chi connectivity index (χ1) is 8.04. The van der Waals surface area contributed by atoms with Crippen LogP contribution in [0.5, 0.6) is 0 Å². The van der Waals surface area contributed by atoms with Gasteiger partial charge in [0, 0.05) is 6.42 Å². The molecule has 18 heavy (non-hydrogen) atoms. The average Bonchev–Trinajstić information content (AvgIpc) is 2.25. The monoisotopic (exact) mass is 282 g/mol. The Hall–Kier alpha value is -0.970. The average molecular weight is 283 g/mol. The molecule has 6 heteroatoms. The number of primary amides is 2. The van der Waals surface area contributed by atoms with Crippen LogP contribution in [0, 0.1) is 0 Å². The summed E-state index contributed by atoms with van der Waals surface area (Å²) in [6, 6.07) is -0.833. The summed E-state index contributed by atoms with van der Waals surface area (Å²) in [4.78, 5) is 20.0. The van der Waals surface area contributed by atoms with Crippen LogP contribution in [-0.2, 0) is 9.53 Å². The van der Waals surface area contributed by atoms with E-state index in [1.54, 1.807) is 0 Å². The summed E-state index contributed by atoms with van der Waals surface area (Å²) in [5, 5.41) is 0. The Kier molecular flexibility index (Phi) is 22.7. The lowest BCUT2D eigenvalue weighted by atomic mass is 10.2. The Morgan fingerprint density at radius 1 is 0.944 bits per heavy atom. The Morgan fingerprint density at radius 3 is 1.89 bits per heavy atom. The van der Waals surface area contributed by atoms with Crippen molar-refractivity contribution < 1.29 is 14.3 Å². The zero-order chi connectivity index (χ0) is 13.5. The van der Waals surface area contributed by atoms with Crippen molar-refractivity contribution >= 4 is 24.4 Å². The number of hydrogen-bond acceptors (Lipinski definition) is 3. The second-order valence-corrected chi connectivity index (χ2v) is 3.79. The van der Waals surface area contributed by atoms with E-state index in [2.05, 4.69) is 25.3 Å². The third-order valence-corrected chi connectivity index (χ3v) is 2.00. The van der Waals surface area contributed by atoms with Gasteiger partial charge in [-0.25, -0.2) is 4.79 Å². The Morgan fingerprint density at radius 2 is 1.44 bits per heavy atom. The van der Waals surface area contributed by atoms with Crippen molar-refractivity contribution in [3.8, 4) is 0 Å². The minimum absolute atomic E-state index is 0. The van der Waals surface area contributed by atoms with Gasteiger partial charge in [0.2, 0.25) is 0 Å². The van der Waals surface area contributed by atoms with Crippen LogP contribution in [-0.4, -0.2) is 18.6 Å². The molecule has 0 rings (SSSR count). The van der Waals surface area contributed by atoms with E-state index in [0.29, 0.717) is 13.0 Å². The highest BCUT2D eigenvalue weighted by Crippen LogP contribution is 2.01. The van der Waals surface area contributed by atoms with Gasteiger partial charge in [-0.15, -0.1) is 12.4 Å². The largest absolute Gasteiger partial charge is 0.466 e. The van der Waals surface area contributed by atoms with Gasteiger partial charge >= 0.3 is 12.0 Å². The molecule has 0 aromatic carbocycles. The van der Waals surface area contributed by atoms with E-state index in [9.17, 15) is 4.79 Å². The molecule has 0 bridgehead atoms. The number of ether oxygens (including phenoxy) is 1. The molecule has 0 aromatic rings. The fraction of sp³-hybridized carbons (Fsp3) is 0.833. The summed E-state index contributed by atoms with van der Waals surface area (Å²) in [6.07, 6.45) is 7.27. The molecule has 0 unspecified atom stereocenters. The van der Waals surface area contributed by atoms with Crippen LogP contribution in [0.25, 0.3) is 0 Å². The van der Waals surface area contributed by atoms with Gasteiger partial charge in [0.1, 0.15) is 0 Å². The molecule has 4 N–H and O–H groups in total. The van der Waals surface area contributed by atoms with Crippen molar-refractivity contribution in [2.24, 2.45) is 11.5 Å². The third-order valence-electron chi connectivity index (χ3n) is 2.00. The second-order valence-electron chi connectivity index (χ2n) is 3.79. The zero-order valence-corrected chi connectivity index (χ0v) is 12.3. The van der Waals surface area contributed by atoms with E-state index >= 15 is 0 Å². The van der Waals surface area contributed by atoms with Crippen molar-refractivity contribution in [1.82, 2.24) is 0 Å². The van der Waals surface area contributed by atoms with Crippen molar-refractivity contribution in [2.45, 2.75) is 58.8 Å². The molecule has 0 saturated heterocycles. The minimum Gasteiger partial charge on any atom is -0.466 e. The first-order valence-corrected chi connectivity index (χ1v) is 6.25. The van der Waals surface area contributed by atoms with E-state index in [1.165, 1.54) is 19.3 Å². The van der Waals surface area contributed by atoms with Gasteiger partial charge in [-0.1, -0.05) is 39.5 Å². The molecule has 0 heterocycles. The summed E-state index contributed by atoms with van der Waals surface area (Å²) < 4.78 is 5.05. The topological polar surface area (TPSA) is 95.4 Å². The maximum absolute atomic E-state index is 11.0. The molecule has 0 spiro atoms. The quantitative estimate of drug-likeness (QED) is 0.529. The van der Waals surface area contributed by atoms with Gasteiger partial charge in [-0.2, -0.15) is 0 Å². The van der Waals surface area contributed by atoms with Crippen LogP contribution in [0.4, 0.5) is 4.79 Å². The molecular weight excluding hydrogens is 256 g/mol. The first kappa shape index (κ1) is 22.2. The van der Waals surface area contributed by atoms with Crippen LogP contribution in [0.2, 0.25) is 0 Å². The fourth-order valence-electron chi connectivity index (χ4n) is 1.11. The number of nitrogens with two attached hydrogens (primary N) is 2. The molecule has 0 aromatic heterocycles. The van der Waals surface area contributed by atoms with Gasteiger partial charge in [0.15, 0.2) is 0 Å².